The number of benzene rings is 2. The maximum atomic E-state index is 5.75. The van der Waals surface area contributed by atoms with E-state index in [1.54, 1.807) is 11.8 Å². The zero-order chi connectivity index (χ0) is 16.1. The van der Waals surface area contributed by atoms with E-state index < -0.39 is 0 Å². The average Bonchev–Trinajstić information content (AvgIpc) is 3.04. The quantitative estimate of drug-likeness (QED) is 0.639. The molecule has 0 saturated heterocycles. The first kappa shape index (κ1) is 15.8. The summed E-state index contributed by atoms with van der Waals surface area (Å²) in [5.41, 5.74) is 2.22. The van der Waals surface area contributed by atoms with Gasteiger partial charge in [-0.25, -0.2) is 0 Å². The Morgan fingerprint density at radius 2 is 1.70 bits per heavy atom. The van der Waals surface area contributed by atoms with Gasteiger partial charge in [-0.15, -0.1) is 22.0 Å². The molecule has 3 aromatic rings. The molecule has 2 aromatic carbocycles. The lowest BCUT2D eigenvalue weighted by Crippen LogP contribution is -2.17. The summed E-state index contributed by atoms with van der Waals surface area (Å²) in [6.45, 7) is 1.47. The van der Waals surface area contributed by atoms with Crippen molar-refractivity contribution in [3.8, 4) is 11.5 Å². The normalized spacial score (nSPS) is 11.1. The second kappa shape index (κ2) is 7.44. The van der Waals surface area contributed by atoms with Crippen molar-refractivity contribution in [1.29, 1.82) is 0 Å². The molecular formula is C18H19N3OS. The minimum absolute atomic E-state index is 0.568. The molecule has 0 aliphatic carbocycles. The van der Waals surface area contributed by atoms with Crippen molar-refractivity contribution >= 4 is 11.8 Å². The first-order valence-corrected chi connectivity index (χ1v) is 8.66. The molecule has 23 heavy (non-hydrogen) atoms. The van der Waals surface area contributed by atoms with Crippen LogP contribution in [0, 0.1) is 0 Å². The Hall–Kier alpha value is -2.11. The molecule has 4 nitrogen and oxygen atoms in total. The van der Waals surface area contributed by atoms with Gasteiger partial charge in [-0.2, -0.15) is 0 Å². The molecule has 3 rings (SSSR count). The molecule has 1 aromatic heterocycles. The molecule has 1 heterocycles. The van der Waals surface area contributed by atoms with Gasteiger partial charge in [0, 0.05) is 17.0 Å². The SMILES string of the molecule is CSc1ccc(CN(C)Cc2nnc(-c3ccccc3)o2)cc1. The van der Waals surface area contributed by atoms with E-state index in [4.69, 9.17) is 4.42 Å². The fourth-order valence-electron chi connectivity index (χ4n) is 2.34. The molecule has 118 valence electrons. The van der Waals surface area contributed by atoms with E-state index in [2.05, 4.69) is 52.7 Å². The lowest BCUT2D eigenvalue weighted by Gasteiger charge is -2.14. The van der Waals surface area contributed by atoms with Crippen LogP contribution in [-0.2, 0) is 13.1 Å². The van der Waals surface area contributed by atoms with Gasteiger partial charge in [0.05, 0.1) is 6.54 Å². The fourth-order valence-corrected chi connectivity index (χ4v) is 2.75. The van der Waals surface area contributed by atoms with Gasteiger partial charge >= 0.3 is 0 Å². The topological polar surface area (TPSA) is 42.2 Å². The summed E-state index contributed by atoms with van der Waals surface area (Å²) in [5.74, 6) is 1.20. The third kappa shape index (κ3) is 4.21. The molecule has 0 aliphatic heterocycles. The van der Waals surface area contributed by atoms with Crippen molar-refractivity contribution < 1.29 is 4.42 Å². The van der Waals surface area contributed by atoms with Crippen LogP contribution in [-0.4, -0.2) is 28.4 Å². The van der Waals surface area contributed by atoms with Crippen molar-refractivity contribution in [3.63, 3.8) is 0 Å². The Morgan fingerprint density at radius 3 is 2.39 bits per heavy atom. The summed E-state index contributed by atoms with van der Waals surface area (Å²) in [7, 11) is 2.05. The predicted octanol–water partition coefficient (Wildman–Crippen LogP) is 4.09. The molecule has 0 saturated carbocycles. The minimum Gasteiger partial charge on any atom is -0.419 e. The lowest BCUT2D eigenvalue weighted by atomic mass is 10.2. The molecule has 0 radical (unpaired) electrons. The number of hydrogen-bond acceptors (Lipinski definition) is 5. The summed E-state index contributed by atoms with van der Waals surface area (Å²) < 4.78 is 5.75. The highest BCUT2D eigenvalue weighted by Crippen LogP contribution is 2.19. The average molecular weight is 325 g/mol. The summed E-state index contributed by atoms with van der Waals surface area (Å²) in [5, 5.41) is 8.26. The first-order valence-electron chi connectivity index (χ1n) is 7.44. The zero-order valence-corrected chi connectivity index (χ0v) is 14.1. The molecule has 0 spiro atoms. The van der Waals surface area contributed by atoms with Crippen molar-refractivity contribution in [2.75, 3.05) is 13.3 Å². The number of aromatic nitrogens is 2. The number of rotatable bonds is 6. The van der Waals surface area contributed by atoms with E-state index in [1.165, 1.54) is 10.5 Å². The lowest BCUT2D eigenvalue weighted by molar-refractivity contribution is 0.283. The van der Waals surface area contributed by atoms with Crippen LogP contribution in [0.4, 0.5) is 0 Å². The molecule has 5 heteroatoms. The van der Waals surface area contributed by atoms with Gasteiger partial charge in [0.15, 0.2) is 0 Å². The van der Waals surface area contributed by atoms with Crippen LogP contribution < -0.4 is 0 Å². The van der Waals surface area contributed by atoms with Gasteiger partial charge in [0.1, 0.15) is 0 Å². The summed E-state index contributed by atoms with van der Waals surface area (Å²) in [4.78, 5) is 3.44. The third-order valence-electron chi connectivity index (χ3n) is 3.50. The highest BCUT2D eigenvalue weighted by atomic mass is 32.2. The standard InChI is InChI=1S/C18H19N3OS/c1-21(12-14-8-10-16(23-2)11-9-14)13-17-19-20-18(22-17)15-6-4-3-5-7-15/h3-11H,12-13H2,1-2H3. The van der Waals surface area contributed by atoms with Gasteiger partial charge in [-0.05, 0) is 43.1 Å². The highest BCUT2D eigenvalue weighted by Gasteiger charge is 2.10. The van der Waals surface area contributed by atoms with Gasteiger partial charge in [0.25, 0.3) is 0 Å². The second-order valence-corrected chi connectivity index (χ2v) is 6.27. The maximum absolute atomic E-state index is 5.75. The van der Waals surface area contributed by atoms with Gasteiger partial charge in [0.2, 0.25) is 11.8 Å². The zero-order valence-electron chi connectivity index (χ0n) is 13.3. The first-order chi connectivity index (χ1) is 11.2. The largest absolute Gasteiger partial charge is 0.419 e. The Kier molecular flexibility index (Phi) is 5.10. The number of thioether (sulfide) groups is 1. The molecular weight excluding hydrogens is 306 g/mol. The summed E-state index contributed by atoms with van der Waals surface area (Å²) in [6.07, 6.45) is 2.08. The van der Waals surface area contributed by atoms with E-state index in [9.17, 15) is 0 Å². The Labute approximate surface area is 140 Å². The van der Waals surface area contributed by atoms with Gasteiger partial charge in [-0.1, -0.05) is 30.3 Å². The van der Waals surface area contributed by atoms with Crippen LogP contribution in [0.2, 0.25) is 0 Å². The highest BCUT2D eigenvalue weighted by molar-refractivity contribution is 7.98. The van der Waals surface area contributed by atoms with Crippen molar-refractivity contribution in [3.05, 3.63) is 66.1 Å². The van der Waals surface area contributed by atoms with E-state index in [0.29, 0.717) is 18.3 Å². The number of hydrogen-bond donors (Lipinski definition) is 0. The smallest absolute Gasteiger partial charge is 0.247 e. The number of nitrogens with zero attached hydrogens (tertiary/aromatic N) is 3. The molecule has 0 unspecified atom stereocenters. The Morgan fingerprint density at radius 1 is 0.957 bits per heavy atom. The van der Waals surface area contributed by atoms with Crippen LogP contribution in [0.1, 0.15) is 11.5 Å². The van der Waals surface area contributed by atoms with Crippen molar-refractivity contribution in [1.82, 2.24) is 15.1 Å². The van der Waals surface area contributed by atoms with E-state index in [0.717, 1.165) is 12.1 Å². The third-order valence-corrected chi connectivity index (χ3v) is 4.25. The van der Waals surface area contributed by atoms with E-state index >= 15 is 0 Å². The molecule has 0 N–H and O–H groups in total. The van der Waals surface area contributed by atoms with Crippen molar-refractivity contribution in [2.45, 2.75) is 18.0 Å². The monoisotopic (exact) mass is 325 g/mol. The molecule has 0 fully saturated rings. The van der Waals surface area contributed by atoms with E-state index in [-0.39, 0.29) is 0 Å². The molecule has 0 aliphatic rings. The molecule has 0 atom stereocenters. The predicted molar refractivity (Wildman–Crippen MR) is 93.1 cm³/mol. The van der Waals surface area contributed by atoms with Crippen LogP contribution >= 0.6 is 11.8 Å². The Bertz CT molecular complexity index is 740. The van der Waals surface area contributed by atoms with Crippen LogP contribution in [0.5, 0.6) is 0 Å². The van der Waals surface area contributed by atoms with Crippen LogP contribution in [0.15, 0.2) is 63.9 Å². The summed E-state index contributed by atoms with van der Waals surface area (Å²) >= 11 is 1.75. The minimum atomic E-state index is 0.568. The van der Waals surface area contributed by atoms with Gasteiger partial charge < -0.3 is 4.42 Å². The van der Waals surface area contributed by atoms with Crippen LogP contribution in [0.25, 0.3) is 11.5 Å². The molecule has 0 bridgehead atoms. The fraction of sp³-hybridized carbons (Fsp3) is 0.222. The Balaban J connectivity index is 1.61. The summed E-state index contributed by atoms with van der Waals surface area (Å²) in [6, 6.07) is 18.4. The maximum Gasteiger partial charge on any atom is 0.247 e. The molecule has 0 amide bonds. The van der Waals surface area contributed by atoms with E-state index in [1.807, 2.05) is 30.3 Å². The van der Waals surface area contributed by atoms with Gasteiger partial charge in [-0.3, -0.25) is 4.90 Å². The second-order valence-electron chi connectivity index (χ2n) is 5.39. The van der Waals surface area contributed by atoms with Crippen LogP contribution in [0.3, 0.4) is 0 Å². The van der Waals surface area contributed by atoms with Crippen molar-refractivity contribution in [2.24, 2.45) is 0 Å².